The minimum absolute atomic E-state index is 0.0797. The number of aliphatic carboxylic acids is 1. The minimum Gasteiger partial charge on any atom is -0.481 e. The number of carbonyl (C=O) groups is 1. The van der Waals surface area contributed by atoms with Gasteiger partial charge >= 0.3 is 5.97 Å². The molecule has 1 aromatic rings. The summed E-state index contributed by atoms with van der Waals surface area (Å²) in [4.78, 5) is 15.0. The summed E-state index contributed by atoms with van der Waals surface area (Å²) in [5, 5.41) is 9.06. The highest BCUT2D eigenvalue weighted by molar-refractivity contribution is 5.76. The van der Waals surface area contributed by atoms with Crippen molar-refractivity contribution in [3.05, 3.63) is 29.6 Å². The van der Waals surface area contributed by atoms with Crippen LogP contribution < -0.4 is 0 Å². The molecule has 76 valence electrons. The second-order valence-electron chi connectivity index (χ2n) is 3.86. The molecule has 1 aromatic heterocycles. The molecule has 0 aliphatic rings. The standard InChI is InChI=1S/C11H15NO2/c1-7(2)10(11(13)14)9-4-8(3)5-12-6-9/h4-7,10H,1-3H3,(H,13,14). The monoisotopic (exact) mass is 193 g/mol. The lowest BCUT2D eigenvalue weighted by Gasteiger charge is -2.16. The lowest BCUT2D eigenvalue weighted by molar-refractivity contribution is -0.139. The van der Waals surface area contributed by atoms with Crippen LogP contribution in [0.1, 0.15) is 30.9 Å². The van der Waals surface area contributed by atoms with Crippen molar-refractivity contribution >= 4 is 5.97 Å². The Morgan fingerprint density at radius 1 is 1.43 bits per heavy atom. The van der Waals surface area contributed by atoms with Crippen LogP contribution in [0.2, 0.25) is 0 Å². The van der Waals surface area contributed by atoms with Gasteiger partial charge in [-0.25, -0.2) is 0 Å². The molecule has 0 saturated heterocycles. The molecule has 0 aliphatic carbocycles. The highest BCUT2D eigenvalue weighted by Gasteiger charge is 2.23. The van der Waals surface area contributed by atoms with Gasteiger partial charge < -0.3 is 5.11 Å². The average molecular weight is 193 g/mol. The second kappa shape index (κ2) is 4.22. The number of carboxylic acids is 1. The Labute approximate surface area is 83.8 Å². The van der Waals surface area contributed by atoms with Gasteiger partial charge in [0.15, 0.2) is 0 Å². The molecule has 1 heterocycles. The Morgan fingerprint density at radius 2 is 2.07 bits per heavy atom. The molecule has 0 aliphatic heterocycles. The van der Waals surface area contributed by atoms with Gasteiger partial charge in [0, 0.05) is 12.4 Å². The molecule has 3 nitrogen and oxygen atoms in total. The van der Waals surface area contributed by atoms with E-state index in [1.165, 1.54) is 0 Å². The van der Waals surface area contributed by atoms with E-state index in [-0.39, 0.29) is 5.92 Å². The summed E-state index contributed by atoms with van der Waals surface area (Å²) in [6, 6.07) is 1.88. The zero-order valence-electron chi connectivity index (χ0n) is 8.69. The van der Waals surface area contributed by atoms with Crippen LogP contribution in [0.25, 0.3) is 0 Å². The van der Waals surface area contributed by atoms with Gasteiger partial charge in [-0.1, -0.05) is 19.9 Å². The van der Waals surface area contributed by atoms with Gasteiger partial charge in [0.2, 0.25) is 0 Å². The number of nitrogens with zero attached hydrogens (tertiary/aromatic N) is 1. The van der Waals surface area contributed by atoms with Crippen LogP contribution in [0.4, 0.5) is 0 Å². The van der Waals surface area contributed by atoms with Crippen LogP contribution in [0.15, 0.2) is 18.5 Å². The smallest absolute Gasteiger partial charge is 0.311 e. The summed E-state index contributed by atoms with van der Waals surface area (Å²) in [7, 11) is 0. The molecule has 0 aromatic carbocycles. The molecule has 0 fully saturated rings. The number of pyridine rings is 1. The first kappa shape index (κ1) is 10.7. The van der Waals surface area contributed by atoms with E-state index in [1.54, 1.807) is 12.4 Å². The maximum atomic E-state index is 11.0. The van der Waals surface area contributed by atoms with Crippen molar-refractivity contribution in [2.24, 2.45) is 5.92 Å². The molecular weight excluding hydrogens is 178 g/mol. The summed E-state index contributed by atoms with van der Waals surface area (Å²) in [5.74, 6) is -1.16. The number of hydrogen-bond donors (Lipinski definition) is 1. The molecule has 1 rings (SSSR count). The average Bonchev–Trinajstić information content (AvgIpc) is 2.02. The van der Waals surface area contributed by atoms with Crippen LogP contribution in [-0.2, 0) is 4.79 Å². The lowest BCUT2D eigenvalue weighted by atomic mass is 9.89. The number of aryl methyl sites for hydroxylation is 1. The maximum absolute atomic E-state index is 11.0. The third kappa shape index (κ3) is 2.31. The number of rotatable bonds is 3. The third-order valence-electron chi connectivity index (χ3n) is 2.19. The largest absolute Gasteiger partial charge is 0.481 e. The number of carboxylic acid groups (broad SMARTS) is 1. The topological polar surface area (TPSA) is 50.2 Å². The number of aromatic nitrogens is 1. The van der Waals surface area contributed by atoms with Crippen LogP contribution in [0.5, 0.6) is 0 Å². The second-order valence-corrected chi connectivity index (χ2v) is 3.86. The fraction of sp³-hybridized carbons (Fsp3) is 0.455. The lowest BCUT2D eigenvalue weighted by Crippen LogP contribution is -2.17. The summed E-state index contributed by atoms with van der Waals surface area (Å²) in [6.45, 7) is 5.72. The van der Waals surface area contributed by atoms with Crippen LogP contribution in [0.3, 0.4) is 0 Å². The predicted molar refractivity (Wildman–Crippen MR) is 54.2 cm³/mol. The molecular formula is C11H15NO2. The quantitative estimate of drug-likeness (QED) is 0.800. The first-order valence-electron chi connectivity index (χ1n) is 4.66. The molecule has 0 spiro atoms. The zero-order chi connectivity index (χ0) is 10.7. The van der Waals surface area contributed by atoms with E-state index in [2.05, 4.69) is 4.98 Å². The van der Waals surface area contributed by atoms with Crippen molar-refractivity contribution in [1.29, 1.82) is 0 Å². The van der Waals surface area contributed by atoms with Gasteiger partial charge in [-0.15, -0.1) is 0 Å². The van der Waals surface area contributed by atoms with Gasteiger partial charge in [0.25, 0.3) is 0 Å². The Hall–Kier alpha value is -1.38. The molecule has 1 atom stereocenters. The Kier molecular flexibility index (Phi) is 3.23. The van der Waals surface area contributed by atoms with Gasteiger partial charge in [0.05, 0.1) is 5.92 Å². The zero-order valence-corrected chi connectivity index (χ0v) is 8.69. The first-order valence-corrected chi connectivity index (χ1v) is 4.66. The van der Waals surface area contributed by atoms with Gasteiger partial charge in [-0.05, 0) is 24.0 Å². The highest BCUT2D eigenvalue weighted by Crippen LogP contribution is 2.24. The predicted octanol–water partition coefficient (Wildman–Crippen LogP) is 2.21. The van der Waals surface area contributed by atoms with E-state index < -0.39 is 11.9 Å². The fourth-order valence-electron chi connectivity index (χ4n) is 1.56. The highest BCUT2D eigenvalue weighted by atomic mass is 16.4. The van der Waals surface area contributed by atoms with E-state index in [0.717, 1.165) is 11.1 Å². The van der Waals surface area contributed by atoms with Gasteiger partial charge in [-0.3, -0.25) is 9.78 Å². The van der Waals surface area contributed by atoms with Crippen molar-refractivity contribution < 1.29 is 9.90 Å². The summed E-state index contributed by atoms with van der Waals surface area (Å²) >= 11 is 0. The van der Waals surface area contributed by atoms with Gasteiger partial charge in [-0.2, -0.15) is 0 Å². The van der Waals surface area contributed by atoms with Crippen molar-refractivity contribution in [2.45, 2.75) is 26.7 Å². The van der Waals surface area contributed by atoms with E-state index >= 15 is 0 Å². The van der Waals surface area contributed by atoms with Crippen molar-refractivity contribution in [3.63, 3.8) is 0 Å². The van der Waals surface area contributed by atoms with Crippen LogP contribution in [-0.4, -0.2) is 16.1 Å². The van der Waals surface area contributed by atoms with E-state index in [1.807, 2.05) is 26.8 Å². The van der Waals surface area contributed by atoms with Crippen molar-refractivity contribution in [2.75, 3.05) is 0 Å². The van der Waals surface area contributed by atoms with Crippen LogP contribution >= 0.6 is 0 Å². The van der Waals surface area contributed by atoms with Gasteiger partial charge in [0.1, 0.15) is 0 Å². The summed E-state index contributed by atoms with van der Waals surface area (Å²) < 4.78 is 0. The Balaban J connectivity index is 3.05. The molecule has 0 amide bonds. The maximum Gasteiger partial charge on any atom is 0.311 e. The molecule has 14 heavy (non-hydrogen) atoms. The molecule has 0 bridgehead atoms. The van der Waals surface area contributed by atoms with Crippen molar-refractivity contribution in [3.8, 4) is 0 Å². The fourth-order valence-corrected chi connectivity index (χ4v) is 1.56. The van der Waals surface area contributed by atoms with E-state index in [4.69, 9.17) is 5.11 Å². The molecule has 0 radical (unpaired) electrons. The first-order chi connectivity index (χ1) is 6.52. The minimum atomic E-state index is -0.785. The third-order valence-corrected chi connectivity index (χ3v) is 2.19. The molecule has 1 N–H and O–H groups in total. The Morgan fingerprint density at radius 3 is 2.50 bits per heavy atom. The summed E-state index contributed by atoms with van der Waals surface area (Å²) in [5.41, 5.74) is 1.78. The Bertz CT molecular complexity index is 334. The molecule has 3 heteroatoms. The van der Waals surface area contributed by atoms with Crippen molar-refractivity contribution in [1.82, 2.24) is 4.98 Å². The van der Waals surface area contributed by atoms with E-state index in [0.29, 0.717) is 0 Å². The SMILES string of the molecule is Cc1cncc(C(C(=O)O)C(C)C)c1. The summed E-state index contributed by atoms with van der Waals surface area (Å²) in [6.07, 6.45) is 3.36. The molecule has 0 saturated carbocycles. The number of hydrogen-bond acceptors (Lipinski definition) is 2. The molecule has 1 unspecified atom stereocenters. The normalized spacial score (nSPS) is 12.9. The van der Waals surface area contributed by atoms with Crippen LogP contribution in [0, 0.1) is 12.8 Å². The van der Waals surface area contributed by atoms with E-state index in [9.17, 15) is 4.79 Å².